The monoisotopic (exact) mass is 341 g/mol. The molecule has 0 radical (unpaired) electrons. The van der Waals surface area contributed by atoms with Crippen molar-refractivity contribution in [1.82, 2.24) is 0 Å². The van der Waals surface area contributed by atoms with Gasteiger partial charge in [-0.05, 0) is 56.9 Å². The Morgan fingerprint density at radius 1 is 1.33 bits per heavy atom. The molecule has 1 nitrogen and oxygen atoms in total. The zero-order chi connectivity index (χ0) is 13.0. The minimum atomic E-state index is 0.178. The molecule has 0 aliphatic rings. The van der Waals surface area contributed by atoms with E-state index in [9.17, 15) is 0 Å². The Labute approximate surface area is 125 Å². The summed E-state index contributed by atoms with van der Waals surface area (Å²) in [5.74, 6) is 0. The van der Waals surface area contributed by atoms with Crippen LogP contribution in [-0.2, 0) is 0 Å². The van der Waals surface area contributed by atoms with Crippen LogP contribution in [-0.4, -0.2) is 6.04 Å². The van der Waals surface area contributed by atoms with Crippen molar-refractivity contribution in [2.75, 3.05) is 0 Å². The minimum Gasteiger partial charge on any atom is -0.326 e. The lowest BCUT2D eigenvalue weighted by Crippen LogP contribution is -2.25. The molecule has 18 heavy (non-hydrogen) atoms. The fraction of sp³-hybridized carbons (Fsp3) is 0.286. The van der Waals surface area contributed by atoms with Gasteiger partial charge >= 0.3 is 0 Å². The number of benzene rings is 1. The summed E-state index contributed by atoms with van der Waals surface area (Å²) in [5, 5.41) is 4.63. The zero-order valence-electron chi connectivity index (χ0n) is 10.2. The van der Waals surface area contributed by atoms with E-state index in [-0.39, 0.29) is 6.04 Å². The standard InChI is InChI=1S/C14H16BrNS2/c1-2-12(16)14(10-7-8-17-9-10)18-13-6-4-3-5-11(13)15/h3-9,12,14H,2,16H2,1H3. The van der Waals surface area contributed by atoms with Crippen molar-refractivity contribution in [3.63, 3.8) is 0 Å². The van der Waals surface area contributed by atoms with Crippen LogP contribution in [0.2, 0.25) is 0 Å². The molecular weight excluding hydrogens is 326 g/mol. The van der Waals surface area contributed by atoms with E-state index in [1.165, 1.54) is 10.5 Å². The number of nitrogens with two attached hydrogens (primary N) is 1. The van der Waals surface area contributed by atoms with Crippen LogP contribution < -0.4 is 5.73 Å². The molecule has 0 aliphatic carbocycles. The van der Waals surface area contributed by atoms with E-state index in [1.54, 1.807) is 11.3 Å². The molecule has 0 fully saturated rings. The summed E-state index contributed by atoms with van der Waals surface area (Å²) in [6, 6.07) is 10.7. The fourth-order valence-corrected chi connectivity index (χ4v) is 4.34. The normalized spacial score (nSPS) is 14.4. The van der Waals surface area contributed by atoms with Gasteiger partial charge in [0.2, 0.25) is 0 Å². The first kappa shape index (κ1) is 14.1. The first-order chi connectivity index (χ1) is 8.72. The quantitative estimate of drug-likeness (QED) is 0.767. The van der Waals surface area contributed by atoms with E-state index in [2.05, 4.69) is 57.9 Å². The molecule has 1 aromatic carbocycles. The fourth-order valence-electron chi connectivity index (χ4n) is 1.73. The summed E-state index contributed by atoms with van der Waals surface area (Å²) in [6.07, 6.45) is 0.984. The van der Waals surface area contributed by atoms with Crippen molar-refractivity contribution in [1.29, 1.82) is 0 Å². The first-order valence-electron chi connectivity index (χ1n) is 5.91. The molecule has 2 aromatic rings. The van der Waals surface area contributed by atoms with E-state index >= 15 is 0 Å². The van der Waals surface area contributed by atoms with Crippen molar-refractivity contribution in [2.45, 2.75) is 29.5 Å². The summed E-state index contributed by atoms with van der Waals surface area (Å²) in [6.45, 7) is 2.14. The van der Waals surface area contributed by atoms with Crippen LogP contribution in [0, 0.1) is 0 Å². The third-order valence-corrected chi connectivity index (χ3v) is 5.96. The van der Waals surface area contributed by atoms with Gasteiger partial charge in [0.15, 0.2) is 0 Å². The Morgan fingerprint density at radius 3 is 2.72 bits per heavy atom. The molecule has 0 amide bonds. The van der Waals surface area contributed by atoms with Gasteiger partial charge in [-0.3, -0.25) is 0 Å². The van der Waals surface area contributed by atoms with Gasteiger partial charge in [-0.1, -0.05) is 19.1 Å². The van der Waals surface area contributed by atoms with Crippen LogP contribution in [0.1, 0.15) is 24.2 Å². The maximum atomic E-state index is 6.27. The first-order valence-corrected chi connectivity index (χ1v) is 8.52. The Hall–Kier alpha value is -0.290. The number of hydrogen-bond donors (Lipinski definition) is 1. The molecule has 2 N–H and O–H groups in total. The molecular formula is C14H16BrNS2. The third-order valence-electron chi connectivity index (χ3n) is 2.82. The van der Waals surface area contributed by atoms with Gasteiger partial charge < -0.3 is 5.73 Å². The zero-order valence-corrected chi connectivity index (χ0v) is 13.4. The number of thiophene rings is 1. The number of halogens is 1. The van der Waals surface area contributed by atoms with Crippen LogP contribution in [0.3, 0.4) is 0 Å². The van der Waals surface area contributed by atoms with Gasteiger partial charge in [0.25, 0.3) is 0 Å². The Bertz CT molecular complexity index is 484. The summed E-state index contributed by atoms with van der Waals surface area (Å²) in [5.41, 5.74) is 7.60. The second-order valence-corrected chi connectivity index (χ2v) is 6.92. The van der Waals surface area contributed by atoms with Gasteiger partial charge in [0.05, 0.1) is 5.25 Å². The van der Waals surface area contributed by atoms with Crippen molar-refractivity contribution in [3.8, 4) is 0 Å². The highest BCUT2D eigenvalue weighted by Gasteiger charge is 2.21. The van der Waals surface area contributed by atoms with Crippen LogP contribution in [0.15, 0.2) is 50.5 Å². The summed E-state index contributed by atoms with van der Waals surface area (Å²) in [7, 11) is 0. The van der Waals surface area contributed by atoms with Crippen LogP contribution in [0.5, 0.6) is 0 Å². The SMILES string of the molecule is CCC(N)C(Sc1ccccc1Br)c1ccsc1. The predicted octanol–water partition coefficient (Wildman–Crippen LogP) is 5.08. The van der Waals surface area contributed by atoms with Crippen LogP contribution >= 0.6 is 39.0 Å². The van der Waals surface area contributed by atoms with Gasteiger partial charge in [-0.2, -0.15) is 11.3 Å². The van der Waals surface area contributed by atoms with E-state index in [4.69, 9.17) is 5.73 Å². The Balaban J connectivity index is 2.24. The van der Waals surface area contributed by atoms with Crippen molar-refractivity contribution in [3.05, 3.63) is 51.1 Å². The highest BCUT2D eigenvalue weighted by atomic mass is 79.9. The van der Waals surface area contributed by atoms with E-state index in [0.717, 1.165) is 10.9 Å². The molecule has 4 heteroatoms. The number of thioether (sulfide) groups is 1. The molecule has 0 spiro atoms. The lowest BCUT2D eigenvalue weighted by Gasteiger charge is -2.22. The van der Waals surface area contributed by atoms with Gasteiger partial charge in [-0.25, -0.2) is 0 Å². The Kier molecular flexibility index (Phi) is 5.30. The lowest BCUT2D eigenvalue weighted by atomic mass is 10.1. The molecule has 1 heterocycles. The molecule has 0 aliphatic heterocycles. The topological polar surface area (TPSA) is 26.0 Å². The molecule has 96 valence electrons. The van der Waals surface area contributed by atoms with Crippen LogP contribution in [0.25, 0.3) is 0 Å². The van der Waals surface area contributed by atoms with Gasteiger partial charge in [-0.15, -0.1) is 11.8 Å². The maximum absolute atomic E-state index is 6.27. The van der Waals surface area contributed by atoms with E-state index in [0.29, 0.717) is 5.25 Å². The molecule has 2 unspecified atom stereocenters. The summed E-state index contributed by atoms with van der Waals surface area (Å²) in [4.78, 5) is 1.25. The number of hydrogen-bond acceptors (Lipinski definition) is 3. The van der Waals surface area contributed by atoms with Crippen LogP contribution in [0.4, 0.5) is 0 Å². The molecule has 1 aromatic heterocycles. The average Bonchev–Trinajstić information content (AvgIpc) is 2.90. The number of rotatable bonds is 5. The molecule has 0 saturated carbocycles. The maximum Gasteiger partial charge on any atom is 0.0504 e. The predicted molar refractivity (Wildman–Crippen MR) is 85.3 cm³/mol. The van der Waals surface area contributed by atoms with Gasteiger partial charge in [0, 0.05) is 15.4 Å². The highest BCUT2D eigenvalue weighted by Crippen LogP contribution is 2.41. The second-order valence-electron chi connectivity index (χ2n) is 4.10. The Morgan fingerprint density at radius 2 is 2.11 bits per heavy atom. The largest absolute Gasteiger partial charge is 0.326 e. The van der Waals surface area contributed by atoms with E-state index in [1.807, 2.05) is 17.8 Å². The average molecular weight is 342 g/mol. The molecule has 2 atom stereocenters. The smallest absolute Gasteiger partial charge is 0.0504 e. The molecule has 0 saturated heterocycles. The summed E-state index contributed by atoms with van der Waals surface area (Å²) < 4.78 is 1.14. The van der Waals surface area contributed by atoms with Gasteiger partial charge in [0.1, 0.15) is 0 Å². The highest BCUT2D eigenvalue weighted by molar-refractivity contribution is 9.10. The summed E-state index contributed by atoms with van der Waals surface area (Å²) >= 11 is 7.17. The molecule has 0 bridgehead atoms. The second kappa shape index (κ2) is 6.75. The minimum absolute atomic E-state index is 0.178. The van der Waals surface area contributed by atoms with Crippen molar-refractivity contribution < 1.29 is 0 Å². The van der Waals surface area contributed by atoms with Crippen molar-refractivity contribution >= 4 is 39.0 Å². The van der Waals surface area contributed by atoms with E-state index < -0.39 is 0 Å². The third kappa shape index (κ3) is 3.38. The lowest BCUT2D eigenvalue weighted by molar-refractivity contribution is 0.635. The van der Waals surface area contributed by atoms with Crippen molar-refractivity contribution in [2.24, 2.45) is 5.73 Å². The molecule has 2 rings (SSSR count).